The van der Waals surface area contributed by atoms with E-state index in [1.54, 1.807) is 37.5 Å². The van der Waals surface area contributed by atoms with Crippen LogP contribution in [0.3, 0.4) is 0 Å². The SMILES string of the molecule is Cc1nc(CN2CCCC2c2nc3ccccc3c(=O)n2CC(F)F)co1. The molecule has 0 aliphatic carbocycles. The second-order valence-corrected chi connectivity index (χ2v) is 6.78. The number of rotatable bonds is 5. The van der Waals surface area contributed by atoms with Gasteiger partial charge in [0.15, 0.2) is 5.89 Å². The van der Waals surface area contributed by atoms with E-state index in [4.69, 9.17) is 4.42 Å². The van der Waals surface area contributed by atoms with E-state index in [9.17, 15) is 13.6 Å². The number of halogens is 2. The Kier molecular flexibility index (Phi) is 4.73. The maximum atomic E-state index is 13.2. The van der Waals surface area contributed by atoms with Crippen LogP contribution in [0.2, 0.25) is 0 Å². The molecule has 1 atom stereocenters. The smallest absolute Gasteiger partial charge is 0.261 e. The van der Waals surface area contributed by atoms with Gasteiger partial charge in [0.05, 0.1) is 29.2 Å². The third-order valence-electron chi connectivity index (χ3n) is 4.91. The van der Waals surface area contributed by atoms with Crippen LogP contribution in [0, 0.1) is 6.92 Å². The Balaban J connectivity index is 1.77. The van der Waals surface area contributed by atoms with Crippen molar-refractivity contribution in [2.24, 2.45) is 0 Å². The second-order valence-electron chi connectivity index (χ2n) is 6.78. The number of para-hydroxylation sites is 1. The summed E-state index contributed by atoms with van der Waals surface area (Å²) < 4.78 is 32.8. The lowest BCUT2D eigenvalue weighted by atomic mass is 10.1. The number of nitrogens with zero attached hydrogens (tertiary/aromatic N) is 4. The van der Waals surface area contributed by atoms with Gasteiger partial charge in [-0.2, -0.15) is 0 Å². The van der Waals surface area contributed by atoms with Gasteiger partial charge >= 0.3 is 0 Å². The minimum absolute atomic E-state index is 0.210. The van der Waals surface area contributed by atoms with E-state index in [1.807, 2.05) is 0 Å². The zero-order valence-electron chi connectivity index (χ0n) is 14.9. The Morgan fingerprint density at radius 1 is 1.30 bits per heavy atom. The summed E-state index contributed by atoms with van der Waals surface area (Å²) in [6.07, 6.45) is 0.631. The van der Waals surface area contributed by atoms with Crippen LogP contribution in [0.5, 0.6) is 0 Å². The van der Waals surface area contributed by atoms with Gasteiger partial charge in [0, 0.05) is 13.5 Å². The van der Waals surface area contributed by atoms with Gasteiger partial charge in [0.1, 0.15) is 12.1 Å². The van der Waals surface area contributed by atoms with Crippen molar-refractivity contribution in [2.45, 2.75) is 45.3 Å². The quantitative estimate of drug-likeness (QED) is 0.686. The number of hydrogen-bond donors (Lipinski definition) is 0. The predicted octanol–water partition coefficient (Wildman–Crippen LogP) is 3.30. The summed E-state index contributed by atoms with van der Waals surface area (Å²) in [5.74, 6) is 0.982. The molecule has 3 heterocycles. The van der Waals surface area contributed by atoms with Gasteiger partial charge < -0.3 is 4.42 Å². The van der Waals surface area contributed by atoms with Crippen molar-refractivity contribution in [3.8, 4) is 0 Å². The first-order chi connectivity index (χ1) is 13.0. The van der Waals surface area contributed by atoms with Crippen LogP contribution >= 0.6 is 0 Å². The van der Waals surface area contributed by atoms with Crippen molar-refractivity contribution < 1.29 is 13.2 Å². The van der Waals surface area contributed by atoms with Gasteiger partial charge in [-0.3, -0.25) is 14.3 Å². The molecule has 4 rings (SSSR count). The van der Waals surface area contributed by atoms with Crippen LogP contribution in [0.15, 0.2) is 39.7 Å². The normalized spacial score (nSPS) is 18.0. The third kappa shape index (κ3) is 3.49. The summed E-state index contributed by atoms with van der Waals surface area (Å²) in [7, 11) is 0. The summed E-state index contributed by atoms with van der Waals surface area (Å²) >= 11 is 0. The third-order valence-corrected chi connectivity index (χ3v) is 4.91. The molecule has 0 radical (unpaired) electrons. The van der Waals surface area contributed by atoms with Gasteiger partial charge in [0.25, 0.3) is 12.0 Å². The molecule has 1 fully saturated rings. The lowest BCUT2D eigenvalue weighted by Crippen LogP contribution is -2.33. The molecule has 2 aromatic heterocycles. The predicted molar refractivity (Wildman–Crippen MR) is 95.6 cm³/mol. The number of hydrogen-bond acceptors (Lipinski definition) is 5. The largest absolute Gasteiger partial charge is 0.449 e. The van der Waals surface area contributed by atoms with Crippen LogP contribution in [-0.2, 0) is 13.1 Å². The zero-order valence-corrected chi connectivity index (χ0v) is 14.9. The minimum Gasteiger partial charge on any atom is -0.449 e. The fraction of sp³-hybridized carbons (Fsp3) is 0.421. The monoisotopic (exact) mass is 374 g/mol. The van der Waals surface area contributed by atoms with E-state index >= 15 is 0 Å². The minimum atomic E-state index is -2.63. The highest BCUT2D eigenvalue weighted by molar-refractivity contribution is 5.77. The molecule has 1 unspecified atom stereocenters. The van der Waals surface area contributed by atoms with E-state index in [1.165, 1.54) is 0 Å². The fourth-order valence-corrected chi connectivity index (χ4v) is 3.75. The standard InChI is InChI=1S/C19H20F2N4O2/c1-12-22-13(11-27-12)9-24-8-4-7-16(24)18-23-15-6-3-2-5-14(15)19(26)25(18)10-17(20)21/h2-3,5-6,11,16-17H,4,7-10H2,1H3. The molecule has 142 valence electrons. The van der Waals surface area contributed by atoms with Crippen LogP contribution in [0.25, 0.3) is 10.9 Å². The van der Waals surface area contributed by atoms with Gasteiger partial charge in [-0.1, -0.05) is 12.1 Å². The molecule has 1 saturated heterocycles. The molecule has 1 aliphatic rings. The number of aromatic nitrogens is 3. The maximum absolute atomic E-state index is 13.2. The molecule has 0 bridgehead atoms. The molecule has 0 saturated carbocycles. The van der Waals surface area contributed by atoms with Crippen LogP contribution in [0.4, 0.5) is 8.78 Å². The van der Waals surface area contributed by atoms with Gasteiger partial charge in [-0.25, -0.2) is 18.7 Å². The molecular formula is C19H20F2N4O2. The molecule has 27 heavy (non-hydrogen) atoms. The summed E-state index contributed by atoms with van der Waals surface area (Å²) in [4.78, 5) is 23.9. The van der Waals surface area contributed by atoms with Crippen molar-refractivity contribution in [1.29, 1.82) is 0 Å². The zero-order chi connectivity index (χ0) is 19.0. The Morgan fingerprint density at radius 2 is 2.11 bits per heavy atom. The van der Waals surface area contributed by atoms with Crippen molar-refractivity contribution in [3.05, 3.63) is 58.3 Å². The molecule has 1 aromatic carbocycles. The molecule has 6 nitrogen and oxygen atoms in total. The Hall–Kier alpha value is -2.61. The summed E-state index contributed by atoms with van der Waals surface area (Å²) in [6, 6.07) is 6.67. The summed E-state index contributed by atoms with van der Waals surface area (Å²) in [6.45, 7) is 2.43. The van der Waals surface area contributed by atoms with Crippen molar-refractivity contribution in [3.63, 3.8) is 0 Å². The Morgan fingerprint density at radius 3 is 2.85 bits per heavy atom. The lowest BCUT2D eigenvalue weighted by molar-refractivity contribution is 0.120. The first-order valence-electron chi connectivity index (χ1n) is 8.95. The number of alkyl halides is 2. The molecule has 0 spiro atoms. The average Bonchev–Trinajstić information content (AvgIpc) is 3.26. The second kappa shape index (κ2) is 7.19. The van der Waals surface area contributed by atoms with E-state index < -0.39 is 18.5 Å². The van der Waals surface area contributed by atoms with E-state index in [0.29, 0.717) is 29.2 Å². The topological polar surface area (TPSA) is 64.2 Å². The Labute approximate surface area is 154 Å². The van der Waals surface area contributed by atoms with Crippen LogP contribution in [0.1, 0.15) is 36.3 Å². The average molecular weight is 374 g/mol. The van der Waals surface area contributed by atoms with Crippen molar-refractivity contribution in [2.75, 3.05) is 6.54 Å². The maximum Gasteiger partial charge on any atom is 0.261 e. The highest BCUT2D eigenvalue weighted by atomic mass is 19.3. The van der Waals surface area contributed by atoms with Crippen molar-refractivity contribution in [1.82, 2.24) is 19.4 Å². The fourth-order valence-electron chi connectivity index (χ4n) is 3.75. The van der Waals surface area contributed by atoms with Gasteiger partial charge in [0.2, 0.25) is 0 Å². The van der Waals surface area contributed by atoms with Crippen molar-refractivity contribution >= 4 is 10.9 Å². The van der Waals surface area contributed by atoms with Crippen LogP contribution < -0.4 is 5.56 Å². The number of likely N-dealkylation sites (tertiary alicyclic amines) is 1. The molecule has 0 amide bonds. The number of benzene rings is 1. The molecule has 3 aromatic rings. The van der Waals surface area contributed by atoms with Gasteiger partial charge in [-0.05, 0) is 31.5 Å². The number of fused-ring (bicyclic) bond motifs is 1. The molecular weight excluding hydrogens is 354 g/mol. The first-order valence-corrected chi connectivity index (χ1v) is 8.95. The summed E-state index contributed by atoms with van der Waals surface area (Å²) in [5.41, 5.74) is 0.898. The van der Waals surface area contributed by atoms with E-state index in [2.05, 4.69) is 14.9 Å². The number of oxazole rings is 1. The van der Waals surface area contributed by atoms with E-state index in [-0.39, 0.29) is 6.04 Å². The number of aryl methyl sites for hydroxylation is 1. The van der Waals surface area contributed by atoms with E-state index in [0.717, 1.165) is 29.6 Å². The van der Waals surface area contributed by atoms with Gasteiger partial charge in [-0.15, -0.1) is 0 Å². The van der Waals surface area contributed by atoms with Crippen LogP contribution in [-0.4, -0.2) is 32.4 Å². The lowest BCUT2D eigenvalue weighted by Gasteiger charge is -2.25. The molecule has 1 aliphatic heterocycles. The Bertz CT molecular complexity index is 1010. The molecule has 8 heteroatoms. The first kappa shape index (κ1) is 17.8. The molecule has 0 N–H and O–H groups in total. The summed E-state index contributed by atoms with van der Waals surface area (Å²) in [5, 5.41) is 0.360. The highest BCUT2D eigenvalue weighted by Gasteiger charge is 2.31. The highest BCUT2D eigenvalue weighted by Crippen LogP contribution is 2.32.